The second-order valence-electron chi connectivity index (χ2n) is 5.69. The summed E-state index contributed by atoms with van der Waals surface area (Å²) in [5.41, 5.74) is 0. The number of piperidine rings is 1. The zero-order valence-electron chi connectivity index (χ0n) is 11.6. The van der Waals surface area contributed by atoms with Crippen molar-refractivity contribution in [2.45, 2.75) is 65.5 Å². The minimum Gasteiger partial charge on any atom is -0.313 e. The van der Waals surface area contributed by atoms with Crippen LogP contribution in [0.1, 0.15) is 53.4 Å². The maximum Gasteiger partial charge on any atom is 0.0246 e. The summed E-state index contributed by atoms with van der Waals surface area (Å²) >= 11 is 0. The largest absolute Gasteiger partial charge is 0.313 e. The molecular formula is C14H30N2. The highest BCUT2D eigenvalue weighted by Gasteiger charge is 2.26. The quantitative estimate of drug-likeness (QED) is 0.749. The van der Waals surface area contributed by atoms with Crippen molar-refractivity contribution in [1.82, 2.24) is 10.2 Å². The summed E-state index contributed by atoms with van der Waals surface area (Å²) in [4.78, 5) is 2.71. The third-order valence-corrected chi connectivity index (χ3v) is 3.56. The summed E-state index contributed by atoms with van der Waals surface area (Å²) in [6.07, 6.45) is 5.42. The van der Waals surface area contributed by atoms with Gasteiger partial charge in [0.1, 0.15) is 0 Å². The van der Waals surface area contributed by atoms with Crippen molar-refractivity contribution < 1.29 is 0 Å². The predicted molar refractivity (Wildman–Crippen MR) is 71.8 cm³/mol. The Hall–Kier alpha value is -0.0800. The first-order valence-corrected chi connectivity index (χ1v) is 7.12. The van der Waals surface area contributed by atoms with E-state index in [1.807, 2.05) is 0 Å². The number of rotatable bonds is 6. The Kier molecular flexibility index (Phi) is 6.37. The second kappa shape index (κ2) is 7.29. The molecule has 1 saturated heterocycles. The van der Waals surface area contributed by atoms with Crippen LogP contribution >= 0.6 is 0 Å². The van der Waals surface area contributed by atoms with Gasteiger partial charge in [0.25, 0.3) is 0 Å². The maximum atomic E-state index is 3.66. The standard InChI is InChI=1S/C14H30N2/c1-5-9-15-13(4)14-8-6-7-10-16(14)11-12(2)3/h12-15H,5-11H2,1-4H3. The number of nitrogens with zero attached hydrogens (tertiary/aromatic N) is 1. The smallest absolute Gasteiger partial charge is 0.0246 e. The fourth-order valence-corrected chi connectivity index (χ4v) is 2.79. The summed E-state index contributed by atoms with van der Waals surface area (Å²) in [5.74, 6) is 0.791. The summed E-state index contributed by atoms with van der Waals surface area (Å²) in [6, 6.07) is 1.42. The molecule has 1 rings (SSSR count). The highest BCUT2D eigenvalue weighted by atomic mass is 15.2. The molecule has 96 valence electrons. The Morgan fingerprint density at radius 2 is 2.00 bits per heavy atom. The Labute approximate surface area is 102 Å². The Morgan fingerprint density at radius 1 is 1.25 bits per heavy atom. The van der Waals surface area contributed by atoms with Crippen molar-refractivity contribution in [3.8, 4) is 0 Å². The molecule has 1 aliphatic heterocycles. The first kappa shape index (κ1) is 14.0. The van der Waals surface area contributed by atoms with E-state index >= 15 is 0 Å². The zero-order chi connectivity index (χ0) is 12.0. The first-order valence-electron chi connectivity index (χ1n) is 7.12. The maximum absolute atomic E-state index is 3.66. The molecule has 0 spiro atoms. The van der Waals surface area contributed by atoms with E-state index in [0.29, 0.717) is 6.04 Å². The predicted octanol–water partition coefficient (Wildman–Crippen LogP) is 2.89. The normalized spacial score (nSPS) is 24.9. The molecule has 0 saturated carbocycles. The molecule has 0 aliphatic carbocycles. The molecular weight excluding hydrogens is 196 g/mol. The van der Waals surface area contributed by atoms with Gasteiger partial charge in [0.05, 0.1) is 0 Å². The Balaban J connectivity index is 2.45. The van der Waals surface area contributed by atoms with Gasteiger partial charge in [0.2, 0.25) is 0 Å². The van der Waals surface area contributed by atoms with Crippen LogP contribution in [-0.4, -0.2) is 36.6 Å². The lowest BCUT2D eigenvalue weighted by Crippen LogP contribution is -2.52. The summed E-state index contributed by atoms with van der Waals surface area (Å²) in [7, 11) is 0. The van der Waals surface area contributed by atoms with Gasteiger partial charge in [-0.2, -0.15) is 0 Å². The van der Waals surface area contributed by atoms with Crippen LogP contribution in [0.25, 0.3) is 0 Å². The molecule has 0 aromatic rings. The first-order chi connectivity index (χ1) is 7.65. The van der Waals surface area contributed by atoms with Crippen LogP contribution < -0.4 is 5.32 Å². The average Bonchev–Trinajstić information content (AvgIpc) is 2.26. The van der Waals surface area contributed by atoms with Crippen LogP contribution in [0, 0.1) is 5.92 Å². The lowest BCUT2D eigenvalue weighted by atomic mass is 9.95. The highest BCUT2D eigenvalue weighted by Crippen LogP contribution is 2.20. The summed E-state index contributed by atoms with van der Waals surface area (Å²) in [6.45, 7) is 13.0. The van der Waals surface area contributed by atoms with E-state index < -0.39 is 0 Å². The van der Waals surface area contributed by atoms with E-state index in [4.69, 9.17) is 0 Å². The fraction of sp³-hybridized carbons (Fsp3) is 1.00. The summed E-state index contributed by atoms with van der Waals surface area (Å²) in [5, 5.41) is 3.66. The van der Waals surface area contributed by atoms with E-state index in [9.17, 15) is 0 Å². The average molecular weight is 226 g/mol. The SMILES string of the molecule is CCCNC(C)C1CCCCN1CC(C)C. The number of nitrogens with one attached hydrogen (secondary N) is 1. The summed E-state index contributed by atoms with van der Waals surface area (Å²) < 4.78 is 0. The lowest BCUT2D eigenvalue weighted by molar-refractivity contribution is 0.106. The van der Waals surface area contributed by atoms with Crippen molar-refractivity contribution in [2.75, 3.05) is 19.6 Å². The molecule has 2 unspecified atom stereocenters. The molecule has 1 heterocycles. The Morgan fingerprint density at radius 3 is 2.62 bits per heavy atom. The number of likely N-dealkylation sites (tertiary alicyclic amines) is 1. The van der Waals surface area contributed by atoms with E-state index in [-0.39, 0.29) is 0 Å². The second-order valence-corrected chi connectivity index (χ2v) is 5.69. The van der Waals surface area contributed by atoms with Crippen molar-refractivity contribution in [2.24, 2.45) is 5.92 Å². The van der Waals surface area contributed by atoms with Gasteiger partial charge in [-0.3, -0.25) is 4.90 Å². The molecule has 0 amide bonds. The van der Waals surface area contributed by atoms with Gasteiger partial charge in [-0.15, -0.1) is 0 Å². The van der Waals surface area contributed by atoms with Gasteiger partial charge < -0.3 is 5.32 Å². The van der Waals surface area contributed by atoms with E-state index in [1.54, 1.807) is 0 Å². The van der Waals surface area contributed by atoms with Crippen LogP contribution in [-0.2, 0) is 0 Å². The monoisotopic (exact) mass is 226 g/mol. The lowest BCUT2D eigenvalue weighted by Gasteiger charge is -2.40. The topological polar surface area (TPSA) is 15.3 Å². The molecule has 0 aromatic carbocycles. The minimum absolute atomic E-state index is 0.652. The van der Waals surface area contributed by atoms with Gasteiger partial charge in [-0.1, -0.05) is 27.2 Å². The van der Waals surface area contributed by atoms with Crippen LogP contribution in [0.5, 0.6) is 0 Å². The van der Waals surface area contributed by atoms with E-state index in [1.165, 1.54) is 38.8 Å². The Bertz CT molecular complexity index is 180. The highest BCUT2D eigenvalue weighted by molar-refractivity contribution is 4.85. The molecule has 2 heteroatoms. The molecule has 16 heavy (non-hydrogen) atoms. The van der Waals surface area contributed by atoms with Crippen LogP contribution in [0.3, 0.4) is 0 Å². The minimum atomic E-state index is 0.652. The zero-order valence-corrected chi connectivity index (χ0v) is 11.6. The molecule has 2 nitrogen and oxygen atoms in total. The number of hydrogen-bond acceptors (Lipinski definition) is 2. The third-order valence-electron chi connectivity index (χ3n) is 3.56. The van der Waals surface area contributed by atoms with Crippen molar-refractivity contribution in [3.63, 3.8) is 0 Å². The van der Waals surface area contributed by atoms with Gasteiger partial charge in [-0.25, -0.2) is 0 Å². The van der Waals surface area contributed by atoms with Gasteiger partial charge in [0.15, 0.2) is 0 Å². The molecule has 1 aliphatic rings. The third kappa shape index (κ3) is 4.42. The molecule has 2 atom stereocenters. The van der Waals surface area contributed by atoms with E-state index in [2.05, 4.69) is 37.9 Å². The van der Waals surface area contributed by atoms with Crippen molar-refractivity contribution in [1.29, 1.82) is 0 Å². The fourth-order valence-electron chi connectivity index (χ4n) is 2.79. The van der Waals surface area contributed by atoms with Crippen LogP contribution in [0.15, 0.2) is 0 Å². The van der Waals surface area contributed by atoms with Gasteiger partial charge in [-0.05, 0) is 45.2 Å². The van der Waals surface area contributed by atoms with Crippen molar-refractivity contribution >= 4 is 0 Å². The van der Waals surface area contributed by atoms with Crippen LogP contribution in [0.4, 0.5) is 0 Å². The molecule has 1 fully saturated rings. The molecule has 0 radical (unpaired) electrons. The molecule has 1 N–H and O–H groups in total. The van der Waals surface area contributed by atoms with E-state index in [0.717, 1.165) is 18.5 Å². The molecule has 0 aromatic heterocycles. The van der Waals surface area contributed by atoms with Crippen molar-refractivity contribution in [3.05, 3.63) is 0 Å². The molecule has 0 bridgehead atoms. The van der Waals surface area contributed by atoms with Crippen LogP contribution in [0.2, 0.25) is 0 Å². The van der Waals surface area contributed by atoms with Gasteiger partial charge in [0, 0.05) is 18.6 Å². The van der Waals surface area contributed by atoms with Gasteiger partial charge >= 0.3 is 0 Å². The number of hydrogen-bond donors (Lipinski definition) is 1.